The predicted molar refractivity (Wildman–Crippen MR) is 77.7 cm³/mol. The van der Waals surface area contributed by atoms with Crippen molar-refractivity contribution >= 4 is 0 Å². The molecule has 0 saturated carbocycles. The van der Waals surface area contributed by atoms with Gasteiger partial charge in [0, 0.05) is 17.5 Å². The highest BCUT2D eigenvalue weighted by Gasteiger charge is 2.52. The first-order chi connectivity index (χ1) is 7.96. The lowest BCUT2D eigenvalue weighted by Gasteiger charge is -2.46. The highest BCUT2D eigenvalue weighted by atomic mass is 16.5. The van der Waals surface area contributed by atoms with Gasteiger partial charge >= 0.3 is 0 Å². The Labute approximate surface area is 113 Å². The van der Waals surface area contributed by atoms with Crippen molar-refractivity contribution in [2.24, 2.45) is 11.7 Å². The van der Waals surface area contributed by atoms with Crippen molar-refractivity contribution in [3.8, 4) is 0 Å². The topological polar surface area (TPSA) is 38.5 Å². The summed E-state index contributed by atoms with van der Waals surface area (Å²) in [6, 6.07) is 0.120. The zero-order valence-electron chi connectivity index (χ0n) is 13.5. The quantitative estimate of drug-likeness (QED) is 0.840. The van der Waals surface area contributed by atoms with Gasteiger partial charge in [0.25, 0.3) is 0 Å². The fourth-order valence-corrected chi connectivity index (χ4v) is 3.45. The molecule has 3 atom stereocenters. The zero-order valence-corrected chi connectivity index (χ0v) is 13.5. The Morgan fingerprint density at radius 3 is 2.11 bits per heavy atom. The second-order valence-corrected chi connectivity index (χ2v) is 7.41. The van der Waals surface area contributed by atoms with Crippen LogP contribution in [0.1, 0.15) is 54.4 Å². The van der Waals surface area contributed by atoms with E-state index >= 15 is 0 Å². The second kappa shape index (κ2) is 4.77. The molecule has 3 heteroatoms. The van der Waals surface area contributed by atoms with Crippen molar-refractivity contribution in [3.05, 3.63) is 0 Å². The summed E-state index contributed by atoms with van der Waals surface area (Å²) in [5.74, 6) is 0.389. The Kier molecular flexibility index (Phi) is 4.22. The molecule has 0 aromatic rings. The van der Waals surface area contributed by atoms with Gasteiger partial charge in [-0.2, -0.15) is 0 Å². The molecule has 2 N–H and O–H groups in total. The van der Waals surface area contributed by atoms with Crippen LogP contribution in [0.2, 0.25) is 0 Å². The van der Waals surface area contributed by atoms with Crippen LogP contribution in [0.4, 0.5) is 0 Å². The monoisotopic (exact) mass is 256 g/mol. The molecular weight excluding hydrogens is 224 g/mol. The van der Waals surface area contributed by atoms with Gasteiger partial charge in [0.1, 0.15) is 0 Å². The molecule has 1 saturated heterocycles. The summed E-state index contributed by atoms with van der Waals surface area (Å²) in [5, 5.41) is 0. The van der Waals surface area contributed by atoms with Crippen molar-refractivity contribution in [1.82, 2.24) is 4.90 Å². The van der Waals surface area contributed by atoms with E-state index in [2.05, 4.69) is 60.5 Å². The summed E-state index contributed by atoms with van der Waals surface area (Å²) < 4.78 is 6.19. The largest absolute Gasteiger partial charge is 0.369 e. The van der Waals surface area contributed by atoms with E-state index in [9.17, 15) is 0 Å². The minimum absolute atomic E-state index is 0.0196. The Morgan fingerprint density at radius 1 is 1.33 bits per heavy atom. The maximum Gasteiger partial charge on any atom is 0.0678 e. The molecule has 1 fully saturated rings. The van der Waals surface area contributed by atoms with Gasteiger partial charge in [-0.3, -0.25) is 0 Å². The Hall–Kier alpha value is -0.120. The second-order valence-electron chi connectivity index (χ2n) is 7.41. The first-order valence-electron chi connectivity index (χ1n) is 7.09. The Balaban J connectivity index is 3.00. The summed E-state index contributed by atoms with van der Waals surface area (Å²) in [7, 11) is 4.24. The maximum atomic E-state index is 6.64. The van der Waals surface area contributed by atoms with Crippen molar-refractivity contribution < 1.29 is 4.74 Å². The molecule has 0 radical (unpaired) electrons. The average molecular weight is 256 g/mol. The summed E-state index contributed by atoms with van der Waals surface area (Å²) in [5.41, 5.74) is 6.46. The van der Waals surface area contributed by atoms with E-state index < -0.39 is 0 Å². The van der Waals surface area contributed by atoms with E-state index in [4.69, 9.17) is 10.5 Å². The first kappa shape index (κ1) is 15.9. The number of hydrogen-bond donors (Lipinski definition) is 1. The van der Waals surface area contributed by atoms with E-state index in [1.54, 1.807) is 0 Å². The van der Waals surface area contributed by atoms with Crippen molar-refractivity contribution in [1.29, 1.82) is 0 Å². The lowest BCUT2D eigenvalue weighted by Crippen LogP contribution is -2.60. The molecule has 1 aliphatic rings. The number of ether oxygens (including phenoxy) is 1. The van der Waals surface area contributed by atoms with E-state index in [0.717, 1.165) is 12.8 Å². The van der Waals surface area contributed by atoms with E-state index in [1.807, 2.05) is 0 Å². The molecule has 1 aliphatic heterocycles. The number of hydrogen-bond acceptors (Lipinski definition) is 3. The molecule has 1 heterocycles. The SMILES string of the molecule is CCC(C)(C(N)C1CC(C)(C)OC1(C)C)N(C)C. The Bertz CT molecular complexity index is 299. The standard InChI is InChI=1S/C15H32N2O/c1-9-15(6,17(7)8)12(16)11-10-13(2,3)18-14(11,4)5/h11-12H,9-10,16H2,1-8H3. The van der Waals surface area contributed by atoms with Crippen LogP contribution in [-0.4, -0.2) is 41.8 Å². The van der Waals surface area contributed by atoms with Gasteiger partial charge in [0.05, 0.1) is 11.2 Å². The van der Waals surface area contributed by atoms with Gasteiger partial charge < -0.3 is 15.4 Å². The van der Waals surface area contributed by atoms with Crippen LogP contribution in [0.5, 0.6) is 0 Å². The first-order valence-corrected chi connectivity index (χ1v) is 7.09. The number of likely N-dealkylation sites (N-methyl/N-ethyl adjacent to an activating group) is 1. The average Bonchev–Trinajstić information content (AvgIpc) is 2.43. The number of nitrogens with zero attached hydrogens (tertiary/aromatic N) is 1. The van der Waals surface area contributed by atoms with Gasteiger partial charge in [-0.15, -0.1) is 0 Å². The summed E-state index contributed by atoms with van der Waals surface area (Å²) >= 11 is 0. The fraction of sp³-hybridized carbons (Fsp3) is 1.00. The summed E-state index contributed by atoms with van der Waals surface area (Å²) in [6.07, 6.45) is 2.08. The van der Waals surface area contributed by atoms with E-state index in [0.29, 0.717) is 5.92 Å². The van der Waals surface area contributed by atoms with Crippen LogP contribution < -0.4 is 5.73 Å². The third kappa shape index (κ3) is 2.73. The van der Waals surface area contributed by atoms with Crippen molar-refractivity contribution in [2.75, 3.05) is 14.1 Å². The lowest BCUT2D eigenvalue weighted by atomic mass is 9.72. The van der Waals surface area contributed by atoms with Crippen molar-refractivity contribution in [2.45, 2.75) is 77.2 Å². The summed E-state index contributed by atoms with van der Waals surface area (Å²) in [4.78, 5) is 2.26. The normalized spacial score (nSPS) is 31.3. The third-order valence-electron chi connectivity index (χ3n) is 5.03. The molecular formula is C15H32N2O. The molecule has 3 unspecified atom stereocenters. The molecule has 0 amide bonds. The third-order valence-corrected chi connectivity index (χ3v) is 5.03. The molecule has 0 aromatic carbocycles. The van der Waals surface area contributed by atoms with Crippen LogP contribution in [0.25, 0.3) is 0 Å². The minimum Gasteiger partial charge on any atom is -0.369 e. The van der Waals surface area contributed by atoms with Gasteiger partial charge in [-0.05, 0) is 61.6 Å². The smallest absolute Gasteiger partial charge is 0.0678 e. The molecule has 1 rings (SSSR count). The molecule has 0 aliphatic carbocycles. The van der Waals surface area contributed by atoms with Crippen molar-refractivity contribution in [3.63, 3.8) is 0 Å². The number of nitrogens with two attached hydrogens (primary N) is 1. The predicted octanol–water partition coefficient (Wildman–Crippen LogP) is 2.64. The maximum absolute atomic E-state index is 6.64. The number of rotatable bonds is 4. The summed E-state index contributed by atoms with van der Waals surface area (Å²) in [6.45, 7) is 13.2. The molecule has 0 spiro atoms. The van der Waals surface area contributed by atoms with Gasteiger partial charge in [0.15, 0.2) is 0 Å². The van der Waals surface area contributed by atoms with Gasteiger partial charge in [0.2, 0.25) is 0 Å². The van der Waals surface area contributed by atoms with Crippen LogP contribution in [0.15, 0.2) is 0 Å². The minimum atomic E-state index is -0.143. The zero-order chi connectivity index (χ0) is 14.4. The Morgan fingerprint density at radius 2 is 1.83 bits per heavy atom. The van der Waals surface area contributed by atoms with Crippen LogP contribution in [-0.2, 0) is 4.74 Å². The molecule has 3 nitrogen and oxygen atoms in total. The van der Waals surface area contributed by atoms with Crippen LogP contribution in [0.3, 0.4) is 0 Å². The highest BCUT2D eigenvalue weighted by Crippen LogP contribution is 2.45. The van der Waals surface area contributed by atoms with E-state index in [-0.39, 0.29) is 22.8 Å². The van der Waals surface area contributed by atoms with Crippen LogP contribution in [0, 0.1) is 5.92 Å². The molecule has 108 valence electrons. The molecule has 0 aromatic heterocycles. The molecule has 18 heavy (non-hydrogen) atoms. The fourth-order valence-electron chi connectivity index (χ4n) is 3.45. The molecule has 0 bridgehead atoms. The van der Waals surface area contributed by atoms with E-state index in [1.165, 1.54) is 0 Å². The highest BCUT2D eigenvalue weighted by molar-refractivity contribution is 5.06. The van der Waals surface area contributed by atoms with Gasteiger partial charge in [-0.25, -0.2) is 0 Å². The lowest BCUT2D eigenvalue weighted by molar-refractivity contribution is -0.0817. The van der Waals surface area contributed by atoms with Gasteiger partial charge in [-0.1, -0.05) is 6.92 Å². The van der Waals surface area contributed by atoms with Crippen LogP contribution >= 0.6 is 0 Å².